The number of nitrogens with one attached hydrogen (secondary N) is 1. The summed E-state index contributed by atoms with van der Waals surface area (Å²) in [4.78, 5) is 45.1. The number of carbonyl (C=O) groups excluding carboxylic acids is 2. The number of nitrogens with zero attached hydrogens (tertiary/aromatic N) is 3. The first-order valence-corrected chi connectivity index (χ1v) is 18.3. The van der Waals surface area contributed by atoms with Gasteiger partial charge in [0.2, 0.25) is 21.6 Å². The van der Waals surface area contributed by atoms with E-state index in [1.807, 2.05) is 39.0 Å². The lowest BCUT2D eigenvalue weighted by molar-refractivity contribution is -0.156. The Balaban J connectivity index is 1.46. The lowest BCUT2D eigenvalue weighted by Crippen LogP contribution is -2.49. The maximum absolute atomic E-state index is 13.3. The third-order valence-corrected chi connectivity index (χ3v) is 10.9. The van der Waals surface area contributed by atoms with Crippen LogP contribution in [0.4, 0.5) is 5.82 Å². The highest BCUT2D eigenvalue weighted by atomic mass is 32.2. The lowest BCUT2D eigenvalue weighted by atomic mass is 9.74. The SMILES string of the molecule is CNC(=O)c1c(C2=CCC(C)(C)C=C2)oc2nc(N(CCCC3(C(=O)O)CCN(C(=O)C(C)(C)C)CC3)S(C)(=O)=O)c(C3CC3)cc12. The van der Waals surface area contributed by atoms with Crippen molar-refractivity contribution in [3.63, 3.8) is 0 Å². The number of pyridine rings is 1. The van der Waals surface area contributed by atoms with Gasteiger partial charge in [-0.2, -0.15) is 4.98 Å². The second-order valence-corrected chi connectivity index (χ2v) is 17.1. The molecule has 0 atom stereocenters. The molecule has 3 aliphatic rings. The van der Waals surface area contributed by atoms with Crippen LogP contribution in [0.2, 0.25) is 0 Å². The molecule has 3 heterocycles. The van der Waals surface area contributed by atoms with Crippen LogP contribution < -0.4 is 9.62 Å². The number of carboxylic acid groups (broad SMARTS) is 1. The van der Waals surface area contributed by atoms with Gasteiger partial charge in [0.1, 0.15) is 11.6 Å². The second-order valence-electron chi connectivity index (χ2n) is 15.2. The van der Waals surface area contributed by atoms with Crippen molar-refractivity contribution in [3.8, 4) is 0 Å². The number of likely N-dealkylation sites (tertiary alicyclic amines) is 1. The van der Waals surface area contributed by atoms with Gasteiger partial charge in [0.05, 0.1) is 22.6 Å². The Morgan fingerprint density at radius 2 is 1.83 bits per heavy atom. The number of amides is 2. The van der Waals surface area contributed by atoms with Crippen LogP contribution in [0.5, 0.6) is 0 Å². The Bertz CT molecular complexity index is 1750. The monoisotopic (exact) mass is 668 g/mol. The van der Waals surface area contributed by atoms with Gasteiger partial charge in [-0.05, 0) is 67.9 Å². The Morgan fingerprint density at radius 3 is 2.34 bits per heavy atom. The van der Waals surface area contributed by atoms with Gasteiger partial charge in [0.25, 0.3) is 5.91 Å². The topological polar surface area (TPSA) is 150 Å². The zero-order chi connectivity index (χ0) is 34.5. The maximum Gasteiger partial charge on any atom is 0.309 e. The minimum atomic E-state index is -3.82. The van der Waals surface area contributed by atoms with Crippen molar-refractivity contribution in [3.05, 3.63) is 41.2 Å². The summed E-state index contributed by atoms with van der Waals surface area (Å²) in [7, 11) is -2.27. The van der Waals surface area contributed by atoms with Crippen molar-refractivity contribution in [2.24, 2.45) is 16.2 Å². The Labute approximate surface area is 277 Å². The molecule has 2 N–H and O–H groups in total. The predicted octanol–water partition coefficient (Wildman–Crippen LogP) is 5.72. The van der Waals surface area contributed by atoms with Crippen LogP contribution in [-0.2, 0) is 19.6 Å². The molecular formula is C35H48N4O7S. The van der Waals surface area contributed by atoms with Crippen LogP contribution in [0.3, 0.4) is 0 Å². The van der Waals surface area contributed by atoms with Crippen molar-refractivity contribution in [1.29, 1.82) is 0 Å². The molecule has 2 aliphatic carbocycles. The lowest BCUT2D eigenvalue weighted by Gasteiger charge is -2.41. The first-order chi connectivity index (χ1) is 21.9. The molecule has 0 spiro atoms. The van der Waals surface area contributed by atoms with Crippen LogP contribution >= 0.6 is 0 Å². The molecule has 0 unspecified atom stereocenters. The number of sulfonamides is 1. The van der Waals surface area contributed by atoms with Gasteiger partial charge in [0.15, 0.2) is 0 Å². The molecule has 11 nitrogen and oxygen atoms in total. The number of anilines is 1. The largest absolute Gasteiger partial charge is 0.481 e. The molecule has 0 aromatic carbocycles. The number of aliphatic carboxylic acids is 1. The molecule has 47 heavy (non-hydrogen) atoms. The van der Waals surface area contributed by atoms with E-state index in [1.165, 1.54) is 4.31 Å². The van der Waals surface area contributed by atoms with E-state index in [-0.39, 0.29) is 54.1 Å². The van der Waals surface area contributed by atoms with Gasteiger partial charge >= 0.3 is 5.97 Å². The zero-order valence-corrected chi connectivity index (χ0v) is 29.4. The van der Waals surface area contributed by atoms with Crippen molar-refractivity contribution in [1.82, 2.24) is 15.2 Å². The van der Waals surface area contributed by atoms with Crippen LogP contribution in [0.25, 0.3) is 16.7 Å². The Morgan fingerprint density at radius 1 is 1.17 bits per heavy atom. The maximum atomic E-state index is 13.3. The number of furan rings is 1. The molecule has 256 valence electrons. The smallest absolute Gasteiger partial charge is 0.309 e. The normalized spacial score (nSPS) is 19.4. The summed E-state index contributed by atoms with van der Waals surface area (Å²) in [5.41, 5.74) is 0.407. The zero-order valence-electron chi connectivity index (χ0n) is 28.6. The van der Waals surface area contributed by atoms with Crippen molar-refractivity contribution in [2.45, 2.75) is 85.5 Å². The fourth-order valence-corrected chi connectivity index (χ4v) is 7.56. The van der Waals surface area contributed by atoms with Gasteiger partial charge in [-0.1, -0.05) is 52.8 Å². The van der Waals surface area contributed by atoms with Gasteiger partial charge in [-0.3, -0.25) is 18.7 Å². The number of aromatic nitrogens is 1. The van der Waals surface area contributed by atoms with Crippen LogP contribution in [0, 0.1) is 16.2 Å². The number of carboxylic acids is 1. The average molecular weight is 669 g/mol. The molecule has 0 radical (unpaired) electrons. The van der Waals surface area contributed by atoms with Gasteiger partial charge in [0, 0.05) is 37.7 Å². The summed E-state index contributed by atoms with van der Waals surface area (Å²) in [6.07, 6.45) is 10.9. The van der Waals surface area contributed by atoms with Crippen molar-refractivity contribution < 1.29 is 32.3 Å². The van der Waals surface area contributed by atoms with E-state index in [4.69, 9.17) is 9.40 Å². The quantitative estimate of drug-likeness (QED) is 0.327. The average Bonchev–Trinajstić information content (AvgIpc) is 3.77. The molecule has 2 fully saturated rings. The highest BCUT2D eigenvalue weighted by Gasteiger charge is 2.44. The summed E-state index contributed by atoms with van der Waals surface area (Å²) in [6, 6.07) is 1.85. The summed E-state index contributed by atoms with van der Waals surface area (Å²) >= 11 is 0. The van der Waals surface area contributed by atoms with E-state index < -0.39 is 26.8 Å². The third kappa shape index (κ3) is 7.12. The fourth-order valence-electron chi connectivity index (χ4n) is 6.64. The number of hydrogen-bond acceptors (Lipinski definition) is 7. The summed E-state index contributed by atoms with van der Waals surface area (Å²) < 4.78 is 34.2. The van der Waals surface area contributed by atoms with Crippen molar-refractivity contribution in [2.75, 3.05) is 37.2 Å². The van der Waals surface area contributed by atoms with E-state index in [2.05, 4.69) is 25.2 Å². The van der Waals surface area contributed by atoms with E-state index >= 15 is 0 Å². The molecule has 1 aliphatic heterocycles. The fraction of sp³-hybridized carbons (Fsp3) is 0.600. The van der Waals surface area contributed by atoms with Crippen molar-refractivity contribution >= 4 is 50.3 Å². The first-order valence-electron chi connectivity index (χ1n) is 16.5. The highest BCUT2D eigenvalue weighted by molar-refractivity contribution is 7.92. The summed E-state index contributed by atoms with van der Waals surface area (Å²) in [5.74, 6) is -0.508. The minimum absolute atomic E-state index is 0.00545. The number of piperidine rings is 1. The van der Waals surface area contributed by atoms with Gasteiger partial charge in [-0.15, -0.1) is 0 Å². The molecular weight excluding hydrogens is 620 g/mol. The highest BCUT2D eigenvalue weighted by Crippen LogP contribution is 2.47. The Hall–Kier alpha value is -3.67. The minimum Gasteiger partial charge on any atom is -0.481 e. The Kier molecular flexibility index (Phi) is 9.15. The molecule has 1 saturated carbocycles. The molecule has 1 saturated heterocycles. The number of rotatable bonds is 10. The van der Waals surface area contributed by atoms with Crippen LogP contribution in [0.15, 0.2) is 28.7 Å². The third-order valence-electron chi connectivity index (χ3n) is 9.74. The van der Waals surface area contributed by atoms with E-state index in [1.54, 1.807) is 11.9 Å². The second kappa shape index (κ2) is 12.4. The van der Waals surface area contributed by atoms with E-state index in [9.17, 15) is 27.9 Å². The number of hydrogen-bond donors (Lipinski definition) is 2. The molecule has 2 aromatic heterocycles. The van der Waals surface area contributed by atoms with Crippen LogP contribution in [0.1, 0.15) is 107 Å². The van der Waals surface area contributed by atoms with Crippen LogP contribution in [-0.4, -0.2) is 74.1 Å². The van der Waals surface area contributed by atoms with Gasteiger partial charge in [-0.25, -0.2) is 8.42 Å². The summed E-state index contributed by atoms with van der Waals surface area (Å²) in [6.45, 7) is 10.5. The van der Waals surface area contributed by atoms with Gasteiger partial charge < -0.3 is 19.7 Å². The van der Waals surface area contributed by atoms with E-state index in [0.29, 0.717) is 42.6 Å². The molecule has 5 rings (SSSR count). The number of fused-ring (bicyclic) bond motifs is 1. The molecule has 2 amide bonds. The molecule has 0 bridgehead atoms. The number of allylic oxidation sites excluding steroid dienone is 4. The number of carbonyl (C=O) groups is 3. The molecule has 12 heteroatoms. The predicted molar refractivity (Wildman–Crippen MR) is 182 cm³/mol. The molecule has 2 aromatic rings. The first kappa shape index (κ1) is 34.7. The standard InChI is InChI=1S/C35H48N4O7S/c1-33(2,3)31(41)38-19-16-35(17-20-38,32(42)43)13-8-18-39(47(7,44)45)28-24(22-9-10-22)21-25-26(29(40)36-6)27(46-30(25)37-28)23-11-14-34(4,5)15-12-23/h11-12,14,21-22H,8-10,13,15-20H2,1-7H3,(H,36,40)(H,42,43). The summed E-state index contributed by atoms with van der Waals surface area (Å²) in [5, 5.41) is 13.5. The van der Waals surface area contributed by atoms with E-state index in [0.717, 1.165) is 36.7 Å².